The molecular formula is C17H22FN3. The molecule has 0 aliphatic heterocycles. The molecule has 0 aliphatic carbocycles. The van der Waals surface area contributed by atoms with E-state index in [2.05, 4.69) is 31.1 Å². The number of nitrogens with zero attached hydrogens (tertiary/aromatic N) is 2. The first kappa shape index (κ1) is 15.4. The predicted molar refractivity (Wildman–Crippen MR) is 85.3 cm³/mol. The second-order valence-corrected chi connectivity index (χ2v) is 6.13. The number of pyridine rings is 1. The van der Waals surface area contributed by atoms with Gasteiger partial charge in [0.15, 0.2) is 0 Å². The van der Waals surface area contributed by atoms with Crippen molar-refractivity contribution in [3.8, 4) is 0 Å². The van der Waals surface area contributed by atoms with Crippen molar-refractivity contribution in [2.45, 2.75) is 32.9 Å². The minimum absolute atomic E-state index is 0.0561. The Bertz CT molecular complexity index is 588. The number of benzene rings is 1. The highest BCUT2D eigenvalue weighted by Crippen LogP contribution is 2.22. The number of hydrogen-bond donors (Lipinski definition) is 1. The lowest BCUT2D eigenvalue weighted by Crippen LogP contribution is -2.35. The van der Waals surface area contributed by atoms with Crippen LogP contribution in [-0.4, -0.2) is 17.6 Å². The monoisotopic (exact) mass is 287 g/mol. The van der Waals surface area contributed by atoms with Crippen LogP contribution >= 0.6 is 0 Å². The van der Waals surface area contributed by atoms with Gasteiger partial charge in [-0.05, 0) is 57.2 Å². The average Bonchev–Trinajstić information content (AvgIpc) is 2.45. The molecule has 1 heterocycles. The molecule has 4 heteroatoms. The fraction of sp³-hybridized carbons (Fsp3) is 0.353. The molecule has 1 aromatic carbocycles. The quantitative estimate of drug-likeness (QED) is 0.925. The van der Waals surface area contributed by atoms with Gasteiger partial charge in [-0.25, -0.2) is 9.37 Å². The van der Waals surface area contributed by atoms with Crippen LogP contribution < -0.4 is 10.2 Å². The van der Waals surface area contributed by atoms with Gasteiger partial charge in [-0.2, -0.15) is 0 Å². The van der Waals surface area contributed by atoms with E-state index in [1.807, 2.05) is 30.1 Å². The molecule has 2 aromatic rings. The average molecular weight is 287 g/mol. The first-order chi connectivity index (χ1) is 9.85. The van der Waals surface area contributed by atoms with Crippen molar-refractivity contribution >= 4 is 11.5 Å². The number of rotatable bonds is 4. The Balaban J connectivity index is 2.14. The number of aromatic nitrogens is 1. The Morgan fingerprint density at radius 3 is 2.38 bits per heavy atom. The van der Waals surface area contributed by atoms with Crippen molar-refractivity contribution in [1.29, 1.82) is 0 Å². The Labute approximate surface area is 125 Å². The van der Waals surface area contributed by atoms with Crippen molar-refractivity contribution in [2.24, 2.45) is 0 Å². The van der Waals surface area contributed by atoms with Gasteiger partial charge in [-0.15, -0.1) is 0 Å². The van der Waals surface area contributed by atoms with Gasteiger partial charge in [0.2, 0.25) is 0 Å². The van der Waals surface area contributed by atoms with Gasteiger partial charge in [-0.1, -0.05) is 6.07 Å². The summed E-state index contributed by atoms with van der Waals surface area (Å²) in [6, 6.07) is 12.3. The molecule has 2 rings (SSSR count). The normalized spacial score (nSPS) is 11.5. The molecule has 0 fully saturated rings. The number of halogens is 1. The standard InChI is InChI=1S/C17H22FN3/c1-17(2,3)19-12-14-6-5-7-16(20-14)21(4)15-10-8-13(18)9-11-15/h5-11,19H,12H2,1-4H3. The van der Waals surface area contributed by atoms with Crippen LogP contribution in [0.1, 0.15) is 26.5 Å². The van der Waals surface area contributed by atoms with Crippen molar-refractivity contribution < 1.29 is 4.39 Å². The van der Waals surface area contributed by atoms with E-state index in [0.717, 1.165) is 17.2 Å². The third-order valence-electron chi connectivity index (χ3n) is 3.15. The molecule has 0 spiro atoms. The third-order valence-corrected chi connectivity index (χ3v) is 3.15. The van der Waals surface area contributed by atoms with Crippen molar-refractivity contribution in [2.75, 3.05) is 11.9 Å². The first-order valence-corrected chi connectivity index (χ1v) is 7.05. The molecule has 3 nitrogen and oxygen atoms in total. The third kappa shape index (κ3) is 4.53. The minimum Gasteiger partial charge on any atom is -0.329 e. The van der Waals surface area contributed by atoms with Crippen LogP contribution in [0, 0.1) is 5.82 Å². The summed E-state index contributed by atoms with van der Waals surface area (Å²) in [6.07, 6.45) is 0. The molecular weight excluding hydrogens is 265 g/mol. The molecule has 0 bridgehead atoms. The lowest BCUT2D eigenvalue weighted by Gasteiger charge is -2.22. The summed E-state index contributed by atoms with van der Waals surface area (Å²) in [6.45, 7) is 7.10. The van der Waals surface area contributed by atoms with Crippen LogP contribution in [-0.2, 0) is 6.54 Å². The van der Waals surface area contributed by atoms with Crippen LogP contribution in [0.15, 0.2) is 42.5 Å². The summed E-state index contributed by atoms with van der Waals surface area (Å²) in [5.74, 6) is 0.609. The topological polar surface area (TPSA) is 28.2 Å². The molecule has 21 heavy (non-hydrogen) atoms. The summed E-state index contributed by atoms with van der Waals surface area (Å²) < 4.78 is 13.0. The highest BCUT2D eigenvalue weighted by atomic mass is 19.1. The summed E-state index contributed by atoms with van der Waals surface area (Å²) in [5.41, 5.74) is 1.95. The zero-order valence-corrected chi connectivity index (χ0v) is 13.0. The number of hydrogen-bond acceptors (Lipinski definition) is 3. The highest BCUT2D eigenvalue weighted by Gasteiger charge is 2.10. The largest absolute Gasteiger partial charge is 0.329 e. The van der Waals surface area contributed by atoms with Crippen molar-refractivity contribution in [3.63, 3.8) is 0 Å². The van der Waals surface area contributed by atoms with E-state index < -0.39 is 0 Å². The second-order valence-electron chi connectivity index (χ2n) is 6.13. The molecule has 0 amide bonds. The summed E-state index contributed by atoms with van der Waals surface area (Å²) in [5, 5.41) is 3.42. The molecule has 0 saturated heterocycles. The molecule has 1 N–H and O–H groups in total. The lowest BCUT2D eigenvalue weighted by molar-refractivity contribution is 0.421. The Morgan fingerprint density at radius 1 is 1.10 bits per heavy atom. The maximum atomic E-state index is 13.0. The highest BCUT2D eigenvalue weighted by molar-refractivity contribution is 5.58. The zero-order valence-electron chi connectivity index (χ0n) is 13.0. The summed E-state index contributed by atoms with van der Waals surface area (Å²) in [7, 11) is 1.93. The van der Waals surface area contributed by atoms with Gasteiger partial charge >= 0.3 is 0 Å². The molecule has 0 aliphatic rings. The zero-order chi connectivity index (χ0) is 15.5. The summed E-state index contributed by atoms with van der Waals surface area (Å²) >= 11 is 0. The smallest absolute Gasteiger partial charge is 0.133 e. The Kier molecular flexibility index (Phi) is 4.58. The molecule has 0 atom stereocenters. The summed E-state index contributed by atoms with van der Waals surface area (Å²) in [4.78, 5) is 6.59. The van der Waals surface area contributed by atoms with Gasteiger partial charge in [0.25, 0.3) is 0 Å². The van der Waals surface area contributed by atoms with E-state index >= 15 is 0 Å². The number of nitrogens with one attached hydrogen (secondary N) is 1. The van der Waals surface area contributed by atoms with E-state index in [0.29, 0.717) is 6.54 Å². The lowest BCUT2D eigenvalue weighted by atomic mass is 10.1. The maximum absolute atomic E-state index is 13.0. The van der Waals surface area contributed by atoms with E-state index in [1.54, 1.807) is 12.1 Å². The van der Waals surface area contributed by atoms with Crippen molar-refractivity contribution in [1.82, 2.24) is 10.3 Å². The van der Waals surface area contributed by atoms with Crippen LogP contribution in [0.3, 0.4) is 0 Å². The van der Waals surface area contributed by atoms with E-state index in [-0.39, 0.29) is 11.4 Å². The maximum Gasteiger partial charge on any atom is 0.133 e. The van der Waals surface area contributed by atoms with Crippen LogP contribution in [0.4, 0.5) is 15.9 Å². The van der Waals surface area contributed by atoms with E-state index in [4.69, 9.17) is 0 Å². The van der Waals surface area contributed by atoms with Crippen LogP contribution in [0.2, 0.25) is 0 Å². The fourth-order valence-corrected chi connectivity index (χ4v) is 1.90. The SMILES string of the molecule is CN(c1ccc(F)cc1)c1cccc(CNC(C)(C)C)n1. The fourth-order valence-electron chi connectivity index (χ4n) is 1.90. The molecule has 1 aromatic heterocycles. The first-order valence-electron chi connectivity index (χ1n) is 7.05. The van der Waals surface area contributed by atoms with Gasteiger partial charge < -0.3 is 10.2 Å². The molecule has 0 unspecified atom stereocenters. The van der Waals surface area contributed by atoms with Gasteiger partial charge in [0.1, 0.15) is 11.6 Å². The van der Waals surface area contributed by atoms with Crippen LogP contribution in [0.5, 0.6) is 0 Å². The predicted octanol–water partition coefficient (Wildman–Crippen LogP) is 3.88. The molecule has 0 radical (unpaired) electrons. The second kappa shape index (κ2) is 6.22. The molecule has 112 valence electrons. The van der Waals surface area contributed by atoms with Gasteiger partial charge in [0, 0.05) is 24.8 Å². The minimum atomic E-state index is -0.233. The van der Waals surface area contributed by atoms with Gasteiger partial charge in [0.05, 0.1) is 5.69 Å². The molecule has 0 saturated carbocycles. The van der Waals surface area contributed by atoms with Crippen LogP contribution in [0.25, 0.3) is 0 Å². The van der Waals surface area contributed by atoms with E-state index in [1.165, 1.54) is 12.1 Å². The van der Waals surface area contributed by atoms with E-state index in [9.17, 15) is 4.39 Å². The Hall–Kier alpha value is -1.94. The van der Waals surface area contributed by atoms with Crippen molar-refractivity contribution in [3.05, 3.63) is 54.0 Å². The Morgan fingerprint density at radius 2 is 1.76 bits per heavy atom. The van der Waals surface area contributed by atoms with Gasteiger partial charge in [-0.3, -0.25) is 0 Å². The number of anilines is 2.